The minimum atomic E-state index is 0.853. The zero-order valence-electron chi connectivity index (χ0n) is 12.0. The van der Waals surface area contributed by atoms with Crippen LogP contribution >= 0.6 is 0 Å². The number of benzene rings is 2. The molecule has 0 amide bonds. The molecule has 2 aromatic carbocycles. The first-order valence-electron chi connectivity index (χ1n) is 6.69. The van der Waals surface area contributed by atoms with Crippen LogP contribution in [0.5, 0.6) is 0 Å². The summed E-state index contributed by atoms with van der Waals surface area (Å²) in [5.41, 5.74) is 11.9. The SMILES string of the molecule is Cc1ccc(CCN(C)c2ccc(C)cc2N)cc1. The molecule has 2 heteroatoms. The number of nitrogen functional groups attached to an aromatic ring is 1. The first kappa shape index (κ1) is 13.5. The first-order chi connectivity index (χ1) is 9.06. The number of nitrogens with zero attached hydrogens (tertiary/aromatic N) is 1. The Kier molecular flexibility index (Phi) is 4.10. The molecule has 0 saturated carbocycles. The van der Waals surface area contributed by atoms with Crippen molar-refractivity contribution >= 4 is 11.4 Å². The van der Waals surface area contributed by atoms with E-state index in [1.807, 2.05) is 6.07 Å². The van der Waals surface area contributed by atoms with E-state index in [0.29, 0.717) is 0 Å². The van der Waals surface area contributed by atoms with Gasteiger partial charge in [0.1, 0.15) is 0 Å². The van der Waals surface area contributed by atoms with Gasteiger partial charge >= 0.3 is 0 Å². The third-order valence-electron chi connectivity index (χ3n) is 3.45. The Hall–Kier alpha value is -1.96. The molecular formula is C17H22N2. The van der Waals surface area contributed by atoms with Gasteiger partial charge in [-0.05, 0) is 43.5 Å². The summed E-state index contributed by atoms with van der Waals surface area (Å²) in [4.78, 5) is 2.22. The predicted octanol–water partition coefficient (Wildman–Crippen LogP) is 3.56. The monoisotopic (exact) mass is 254 g/mol. The van der Waals surface area contributed by atoms with Gasteiger partial charge in [0.05, 0.1) is 11.4 Å². The Balaban J connectivity index is 2.01. The normalized spacial score (nSPS) is 10.5. The van der Waals surface area contributed by atoms with E-state index in [4.69, 9.17) is 5.73 Å². The summed E-state index contributed by atoms with van der Waals surface area (Å²) < 4.78 is 0. The Morgan fingerprint density at radius 3 is 2.21 bits per heavy atom. The highest BCUT2D eigenvalue weighted by Crippen LogP contribution is 2.23. The van der Waals surface area contributed by atoms with Crippen LogP contribution in [0.15, 0.2) is 42.5 Å². The zero-order chi connectivity index (χ0) is 13.8. The minimum Gasteiger partial charge on any atom is -0.397 e. The maximum absolute atomic E-state index is 6.07. The van der Waals surface area contributed by atoms with E-state index in [1.165, 1.54) is 16.7 Å². The molecule has 2 aromatic rings. The third kappa shape index (κ3) is 3.50. The van der Waals surface area contributed by atoms with Gasteiger partial charge in [0, 0.05) is 13.6 Å². The first-order valence-corrected chi connectivity index (χ1v) is 6.69. The lowest BCUT2D eigenvalue weighted by Gasteiger charge is -2.21. The van der Waals surface area contributed by atoms with E-state index in [0.717, 1.165) is 24.3 Å². The lowest BCUT2D eigenvalue weighted by atomic mass is 10.1. The molecule has 0 radical (unpaired) electrons. The van der Waals surface area contributed by atoms with Crippen molar-refractivity contribution in [2.24, 2.45) is 0 Å². The fourth-order valence-corrected chi connectivity index (χ4v) is 2.19. The Morgan fingerprint density at radius 2 is 1.58 bits per heavy atom. The number of hydrogen-bond donors (Lipinski definition) is 1. The van der Waals surface area contributed by atoms with Gasteiger partial charge in [-0.3, -0.25) is 0 Å². The molecule has 0 aromatic heterocycles. The van der Waals surface area contributed by atoms with Gasteiger partial charge in [0.15, 0.2) is 0 Å². The van der Waals surface area contributed by atoms with Crippen molar-refractivity contribution in [2.45, 2.75) is 20.3 Å². The van der Waals surface area contributed by atoms with Crippen molar-refractivity contribution in [3.05, 3.63) is 59.2 Å². The van der Waals surface area contributed by atoms with E-state index in [1.54, 1.807) is 0 Å². The van der Waals surface area contributed by atoms with Crippen LogP contribution in [0.25, 0.3) is 0 Å². The second-order valence-corrected chi connectivity index (χ2v) is 5.22. The number of likely N-dealkylation sites (N-methyl/N-ethyl adjacent to an activating group) is 1. The molecule has 2 nitrogen and oxygen atoms in total. The van der Waals surface area contributed by atoms with Crippen LogP contribution in [-0.2, 0) is 6.42 Å². The summed E-state index contributed by atoms with van der Waals surface area (Å²) in [6.07, 6.45) is 1.03. The Labute approximate surface area is 115 Å². The average Bonchev–Trinajstić information content (AvgIpc) is 2.37. The fourth-order valence-electron chi connectivity index (χ4n) is 2.19. The summed E-state index contributed by atoms with van der Waals surface area (Å²) in [7, 11) is 2.09. The van der Waals surface area contributed by atoms with Gasteiger partial charge in [-0.15, -0.1) is 0 Å². The molecule has 2 rings (SSSR count). The highest BCUT2D eigenvalue weighted by Gasteiger charge is 2.05. The van der Waals surface area contributed by atoms with Crippen molar-refractivity contribution in [3.8, 4) is 0 Å². The largest absolute Gasteiger partial charge is 0.397 e. The van der Waals surface area contributed by atoms with Crippen molar-refractivity contribution in [1.29, 1.82) is 0 Å². The molecule has 0 unspecified atom stereocenters. The standard InChI is InChI=1S/C17H22N2/c1-13-4-7-15(8-5-13)10-11-19(3)17-9-6-14(2)12-16(17)18/h4-9,12H,10-11,18H2,1-3H3. The Bertz CT molecular complexity index is 544. The second-order valence-electron chi connectivity index (χ2n) is 5.22. The maximum atomic E-state index is 6.07. The summed E-state index contributed by atoms with van der Waals surface area (Å²) in [5, 5.41) is 0. The summed E-state index contributed by atoms with van der Waals surface area (Å²) in [6.45, 7) is 5.14. The van der Waals surface area contributed by atoms with Crippen LogP contribution in [0.4, 0.5) is 11.4 Å². The molecule has 100 valence electrons. The molecule has 0 heterocycles. The second kappa shape index (κ2) is 5.79. The number of aryl methyl sites for hydroxylation is 2. The van der Waals surface area contributed by atoms with Crippen LogP contribution in [0.2, 0.25) is 0 Å². The highest BCUT2D eigenvalue weighted by atomic mass is 15.1. The van der Waals surface area contributed by atoms with Gasteiger partial charge in [-0.1, -0.05) is 35.9 Å². The molecule has 0 aliphatic heterocycles. The molecular weight excluding hydrogens is 232 g/mol. The molecule has 2 N–H and O–H groups in total. The van der Waals surface area contributed by atoms with Gasteiger partial charge in [-0.2, -0.15) is 0 Å². The van der Waals surface area contributed by atoms with E-state index in [2.05, 4.69) is 62.2 Å². The van der Waals surface area contributed by atoms with Gasteiger partial charge in [0.2, 0.25) is 0 Å². The molecule has 0 aliphatic carbocycles. The van der Waals surface area contributed by atoms with Crippen molar-refractivity contribution in [3.63, 3.8) is 0 Å². The number of hydrogen-bond acceptors (Lipinski definition) is 2. The summed E-state index contributed by atoms with van der Waals surface area (Å²) in [5.74, 6) is 0. The number of rotatable bonds is 4. The van der Waals surface area contributed by atoms with Crippen LogP contribution in [0.1, 0.15) is 16.7 Å². The van der Waals surface area contributed by atoms with Gasteiger partial charge < -0.3 is 10.6 Å². The Morgan fingerprint density at radius 1 is 0.947 bits per heavy atom. The number of nitrogens with two attached hydrogens (primary N) is 1. The molecule has 0 spiro atoms. The van der Waals surface area contributed by atoms with Gasteiger partial charge in [0.25, 0.3) is 0 Å². The maximum Gasteiger partial charge on any atom is 0.0597 e. The van der Waals surface area contributed by atoms with Crippen LogP contribution in [0, 0.1) is 13.8 Å². The smallest absolute Gasteiger partial charge is 0.0597 e. The predicted molar refractivity (Wildman–Crippen MR) is 83.7 cm³/mol. The molecule has 0 bridgehead atoms. The third-order valence-corrected chi connectivity index (χ3v) is 3.45. The average molecular weight is 254 g/mol. The van der Waals surface area contributed by atoms with E-state index in [-0.39, 0.29) is 0 Å². The van der Waals surface area contributed by atoms with Crippen molar-refractivity contribution in [1.82, 2.24) is 0 Å². The van der Waals surface area contributed by atoms with Crippen molar-refractivity contribution < 1.29 is 0 Å². The summed E-state index contributed by atoms with van der Waals surface area (Å²) >= 11 is 0. The van der Waals surface area contributed by atoms with Crippen molar-refractivity contribution in [2.75, 3.05) is 24.2 Å². The highest BCUT2D eigenvalue weighted by molar-refractivity contribution is 5.68. The van der Waals surface area contributed by atoms with Gasteiger partial charge in [-0.25, -0.2) is 0 Å². The molecule has 0 saturated heterocycles. The minimum absolute atomic E-state index is 0.853. The molecule has 0 aliphatic rings. The van der Waals surface area contributed by atoms with E-state index < -0.39 is 0 Å². The van der Waals surface area contributed by atoms with Crippen LogP contribution in [-0.4, -0.2) is 13.6 Å². The van der Waals surface area contributed by atoms with Crippen LogP contribution < -0.4 is 10.6 Å². The molecule has 19 heavy (non-hydrogen) atoms. The van der Waals surface area contributed by atoms with Crippen LogP contribution in [0.3, 0.4) is 0 Å². The number of anilines is 2. The zero-order valence-corrected chi connectivity index (χ0v) is 12.0. The molecule has 0 fully saturated rings. The quantitative estimate of drug-likeness (QED) is 0.845. The lowest BCUT2D eigenvalue weighted by molar-refractivity contribution is 0.877. The fraction of sp³-hybridized carbons (Fsp3) is 0.294. The summed E-state index contributed by atoms with van der Waals surface area (Å²) in [6, 6.07) is 14.9. The topological polar surface area (TPSA) is 29.3 Å². The van der Waals surface area contributed by atoms with E-state index in [9.17, 15) is 0 Å². The molecule has 0 atom stereocenters. The van der Waals surface area contributed by atoms with E-state index >= 15 is 0 Å². The lowest BCUT2D eigenvalue weighted by Crippen LogP contribution is -2.21.